The van der Waals surface area contributed by atoms with E-state index in [1.165, 1.54) is 11.1 Å². The Morgan fingerprint density at radius 2 is 0.976 bits per heavy atom. The van der Waals surface area contributed by atoms with Gasteiger partial charge < -0.3 is 4.74 Å². The molecule has 0 saturated heterocycles. The van der Waals surface area contributed by atoms with Gasteiger partial charge in [0.05, 0.1) is 28.4 Å². The first-order chi connectivity index (χ1) is 41.8. The number of nitrogens with zero attached hydrogens (tertiary/aromatic N) is 10. The Hall–Kier alpha value is -10.8. The third-order valence-corrected chi connectivity index (χ3v) is 15.1. The van der Waals surface area contributed by atoms with Crippen molar-refractivity contribution in [2.75, 3.05) is 31.7 Å². The zero-order valence-electron chi connectivity index (χ0n) is 48.1. The van der Waals surface area contributed by atoms with Crippen LogP contribution in [0.15, 0.2) is 299 Å². The minimum Gasteiger partial charge on any atom is -0.457 e. The van der Waals surface area contributed by atoms with Crippen LogP contribution in [0.1, 0.15) is 78.8 Å². The first kappa shape index (κ1) is 54.8. The zero-order valence-corrected chi connectivity index (χ0v) is 48.1. The fourth-order valence-corrected chi connectivity index (χ4v) is 10.4. The molecular formula is C72H67N12O+. The lowest BCUT2D eigenvalue weighted by Crippen LogP contribution is -2.54. The van der Waals surface area contributed by atoms with Crippen LogP contribution in [0.4, 0.5) is 34.1 Å². The number of ether oxygens (including phenoxy) is 1. The van der Waals surface area contributed by atoms with E-state index in [-0.39, 0.29) is 12.3 Å². The summed E-state index contributed by atoms with van der Waals surface area (Å²) >= 11 is 0. The van der Waals surface area contributed by atoms with Gasteiger partial charge in [0, 0.05) is 33.9 Å². The fourth-order valence-electron chi connectivity index (χ4n) is 10.4. The number of para-hydroxylation sites is 6. The molecule has 0 saturated carbocycles. The van der Waals surface area contributed by atoms with Gasteiger partial charge in [-0.1, -0.05) is 194 Å². The van der Waals surface area contributed by atoms with Gasteiger partial charge in [-0.3, -0.25) is 20.9 Å². The van der Waals surface area contributed by atoms with E-state index in [1.54, 1.807) is 0 Å². The molecule has 0 spiro atoms. The number of benzene rings is 10. The molecular weight excluding hydrogens is 1050 g/mol. The highest BCUT2D eigenvalue weighted by molar-refractivity contribution is 6.01. The topological polar surface area (TPSA) is 102 Å². The molecule has 3 atom stereocenters. The van der Waals surface area contributed by atoms with Crippen LogP contribution in [0.2, 0.25) is 0 Å². The van der Waals surface area contributed by atoms with Crippen molar-refractivity contribution in [1.29, 1.82) is 0 Å². The highest BCUT2D eigenvalue weighted by atomic mass is 16.5. The van der Waals surface area contributed by atoms with E-state index in [2.05, 4.69) is 204 Å². The van der Waals surface area contributed by atoms with E-state index in [0.29, 0.717) is 18.4 Å². The molecule has 85 heavy (non-hydrogen) atoms. The van der Waals surface area contributed by atoms with Gasteiger partial charge in [-0.2, -0.15) is 15.2 Å². The van der Waals surface area contributed by atoms with Crippen LogP contribution < -0.4 is 40.6 Å². The zero-order chi connectivity index (χ0) is 57.9. The number of hydrogen-bond acceptors (Lipinski definition) is 12. The molecule has 13 rings (SSSR count). The van der Waals surface area contributed by atoms with Gasteiger partial charge in [0.2, 0.25) is 11.5 Å². The Bertz CT molecular complexity index is 3910. The van der Waals surface area contributed by atoms with Gasteiger partial charge in [-0.25, -0.2) is 10.0 Å². The van der Waals surface area contributed by atoms with Crippen molar-refractivity contribution in [3.8, 4) is 11.5 Å². The monoisotopic (exact) mass is 1120 g/mol. The van der Waals surface area contributed by atoms with E-state index >= 15 is 0 Å². The minimum absolute atomic E-state index is 0.262. The maximum absolute atomic E-state index is 6.46. The molecule has 13 nitrogen and oxygen atoms in total. The normalized spacial score (nSPS) is 16.1. The molecule has 13 heteroatoms. The van der Waals surface area contributed by atoms with Crippen molar-refractivity contribution in [3.05, 3.63) is 312 Å². The second kappa shape index (κ2) is 25.6. The average Bonchev–Trinajstić information content (AvgIpc) is 2.54. The van der Waals surface area contributed by atoms with E-state index < -0.39 is 0 Å². The lowest BCUT2D eigenvalue weighted by molar-refractivity contribution is -0.555. The smallest absolute Gasteiger partial charge is 0.305 e. The van der Waals surface area contributed by atoms with Crippen molar-refractivity contribution < 1.29 is 9.43 Å². The Kier molecular flexibility index (Phi) is 16.5. The number of hydrazone groups is 3. The Balaban J connectivity index is 0.000000212. The highest BCUT2D eigenvalue weighted by Gasteiger charge is 2.39. The summed E-state index contributed by atoms with van der Waals surface area (Å²) in [5.41, 5.74) is 19.7. The summed E-state index contributed by atoms with van der Waals surface area (Å²) in [7, 11) is 0. The molecule has 420 valence electrons. The molecule has 0 fully saturated rings. The van der Waals surface area contributed by atoms with E-state index in [4.69, 9.17) is 25.2 Å². The van der Waals surface area contributed by atoms with Gasteiger partial charge in [0.15, 0.2) is 12.0 Å². The molecule has 2 N–H and O–H groups in total. The molecule has 0 radical (unpaired) electrons. The molecule has 0 aromatic heterocycles. The maximum Gasteiger partial charge on any atom is 0.305 e. The number of nitrogens with one attached hydrogen (secondary N) is 2. The predicted molar refractivity (Wildman–Crippen MR) is 345 cm³/mol. The minimum atomic E-state index is -0.368. The number of amidine groups is 3. The highest BCUT2D eigenvalue weighted by Crippen LogP contribution is 2.39. The third kappa shape index (κ3) is 12.7. The summed E-state index contributed by atoms with van der Waals surface area (Å²) in [6.07, 6.45) is 0.511. The summed E-state index contributed by atoms with van der Waals surface area (Å²) in [6.45, 7) is 9.17. The molecule has 3 unspecified atom stereocenters. The maximum atomic E-state index is 6.46. The quantitative estimate of drug-likeness (QED) is 0.104. The van der Waals surface area contributed by atoms with Gasteiger partial charge in [0.25, 0.3) is 0 Å². The molecule has 10 aromatic rings. The Labute approximate surface area is 498 Å². The number of hydrazine groups is 2. The molecule has 3 aliphatic rings. The van der Waals surface area contributed by atoms with Gasteiger partial charge in [-0.05, 0) is 134 Å². The molecule has 0 aliphatic carbocycles. The van der Waals surface area contributed by atoms with Crippen LogP contribution in [-0.2, 0) is 0 Å². The standard InChI is InChI=1S/C48H41N8O.C24H26N4/c1-35-23-25-37(26-24-35)46-51-55(42-19-11-5-12-20-42)48(56(52-46)43-21-13-6-14-22-43)39-29-33-45(34-30-39)57-44-31-27-38(28-32-44)47-53(40-15-7-3-8-16-40)49-36(2)50-54(47)41-17-9-4-10-18-41;1-3-19(2)20-14-16-21(17-15-20)24-25-27(22-10-6-4-7-11-22)18-28(26-24)23-12-8-5-9-13-23/h3-34,47-48H,1-2H3,(H,49,50);4-17,19H,3,18H2,1-2H3,(H,25,26)/q+1;. The van der Waals surface area contributed by atoms with Crippen molar-refractivity contribution in [3.63, 3.8) is 0 Å². The van der Waals surface area contributed by atoms with Crippen LogP contribution in [0, 0.1) is 6.92 Å². The first-order valence-corrected chi connectivity index (χ1v) is 28.9. The van der Waals surface area contributed by atoms with Crippen molar-refractivity contribution >= 4 is 51.6 Å². The van der Waals surface area contributed by atoms with Gasteiger partial charge in [-0.15, -0.1) is 5.10 Å². The molecule has 0 bridgehead atoms. The third-order valence-electron chi connectivity index (χ3n) is 15.1. The Morgan fingerprint density at radius 3 is 1.54 bits per heavy atom. The van der Waals surface area contributed by atoms with E-state index in [9.17, 15) is 0 Å². The number of rotatable bonds is 14. The molecule has 10 aromatic carbocycles. The first-order valence-electron chi connectivity index (χ1n) is 28.9. The van der Waals surface area contributed by atoms with E-state index in [0.717, 1.165) is 86.0 Å². The Morgan fingerprint density at radius 1 is 0.482 bits per heavy atom. The largest absolute Gasteiger partial charge is 0.457 e. The summed E-state index contributed by atoms with van der Waals surface area (Å²) < 4.78 is 8.51. The van der Waals surface area contributed by atoms with Gasteiger partial charge in [0.1, 0.15) is 24.0 Å². The second-order valence-electron chi connectivity index (χ2n) is 21.1. The van der Waals surface area contributed by atoms with Crippen molar-refractivity contribution in [2.24, 2.45) is 20.4 Å². The molecule has 3 heterocycles. The van der Waals surface area contributed by atoms with Crippen LogP contribution in [0.25, 0.3) is 0 Å². The SMILES string of the molecule is CC1=NN(c2ccccc2)C(c2ccc(Oc3ccc(C4N(c5ccccc5)N=C(c5ccc(C)cc5)N=[N+]4c4ccccc4)cc3)cc2)N(c2ccccc2)N1.CCC(C)c1ccc(C2=NN(c3ccccc3)CN(c3ccccc3)N2)cc1. The molecule has 0 amide bonds. The average molecular weight is 1120 g/mol. The summed E-state index contributed by atoms with van der Waals surface area (Å²) in [6, 6.07) is 95.1. The number of azo groups is 2. The number of aryl methyl sites for hydroxylation is 1. The predicted octanol–water partition coefficient (Wildman–Crippen LogP) is 16.7. The van der Waals surface area contributed by atoms with Crippen LogP contribution in [0.3, 0.4) is 0 Å². The number of hydrogen-bond donors (Lipinski definition) is 2. The lowest BCUT2D eigenvalue weighted by Gasteiger charge is -2.43. The van der Waals surface area contributed by atoms with Crippen LogP contribution >= 0.6 is 0 Å². The number of anilines is 5. The van der Waals surface area contributed by atoms with E-state index in [1.807, 2.05) is 143 Å². The van der Waals surface area contributed by atoms with Crippen molar-refractivity contribution in [1.82, 2.24) is 10.9 Å². The van der Waals surface area contributed by atoms with Crippen LogP contribution in [0.5, 0.6) is 11.5 Å². The molecule has 3 aliphatic heterocycles. The van der Waals surface area contributed by atoms with Gasteiger partial charge >= 0.3 is 6.17 Å². The lowest BCUT2D eigenvalue weighted by atomic mass is 9.97. The van der Waals surface area contributed by atoms with Crippen molar-refractivity contribution in [2.45, 2.75) is 52.4 Å². The summed E-state index contributed by atoms with van der Waals surface area (Å²) in [5, 5.41) is 30.6. The second-order valence-corrected chi connectivity index (χ2v) is 21.1. The summed E-state index contributed by atoms with van der Waals surface area (Å²) in [4.78, 5) is 0. The fraction of sp³-hybridized carbons (Fsp3) is 0.125. The summed E-state index contributed by atoms with van der Waals surface area (Å²) in [5.74, 6) is 4.28. The van der Waals surface area contributed by atoms with Crippen LogP contribution in [-0.4, -0.2) is 28.9 Å².